The van der Waals surface area contributed by atoms with Gasteiger partial charge < -0.3 is 10.3 Å². The summed E-state index contributed by atoms with van der Waals surface area (Å²) in [5, 5.41) is 3.57. The number of nitrogens with zero attached hydrogens (tertiary/aromatic N) is 1. The molecule has 1 atom stereocenters. The fourth-order valence-electron chi connectivity index (χ4n) is 1.48. The van der Waals surface area contributed by atoms with Crippen LogP contribution in [0.15, 0.2) is 34.9 Å². The lowest BCUT2D eigenvalue weighted by molar-refractivity contribution is 0.373. The van der Waals surface area contributed by atoms with Gasteiger partial charge in [0.25, 0.3) is 0 Å². The van der Waals surface area contributed by atoms with Gasteiger partial charge in [-0.15, -0.1) is 0 Å². The lowest BCUT2D eigenvalue weighted by Gasteiger charge is -2.06. The van der Waals surface area contributed by atoms with Gasteiger partial charge in [-0.1, -0.05) is 29.4 Å². The molecule has 2 rings (SSSR count). The average Bonchev–Trinajstić information content (AvgIpc) is 2.65. The molecule has 0 radical (unpaired) electrons. The lowest BCUT2D eigenvalue weighted by atomic mass is 10.0. The zero-order valence-corrected chi connectivity index (χ0v) is 8.27. The highest BCUT2D eigenvalue weighted by atomic mass is 19.1. The summed E-state index contributed by atoms with van der Waals surface area (Å²) in [7, 11) is 0. The van der Waals surface area contributed by atoms with Gasteiger partial charge in [-0.25, -0.2) is 4.39 Å². The molecule has 0 saturated carbocycles. The van der Waals surface area contributed by atoms with Gasteiger partial charge in [-0.3, -0.25) is 0 Å². The summed E-state index contributed by atoms with van der Waals surface area (Å²) in [5.74, 6) is 0.791. The van der Waals surface area contributed by atoms with E-state index < -0.39 is 6.17 Å². The Morgan fingerprint density at radius 3 is 2.73 bits per heavy atom. The van der Waals surface area contributed by atoms with Crippen LogP contribution in [0.5, 0.6) is 0 Å². The first kappa shape index (κ1) is 9.71. The SMILES string of the molecule is CC(F)c1ccccc1-c1cc(N)no1. The third-order valence-corrected chi connectivity index (χ3v) is 2.18. The zero-order valence-electron chi connectivity index (χ0n) is 8.27. The second-order valence-electron chi connectivity index (χ2n) is 3.32. The van der Waals surface area contributed by atoms with Gasteiger partial charge in [0.05, 0.1) is 0 Å². The topological polar surface area (TPSA) is 52.0 Å². The number of alkyl halides is 1. The summed E-state index contributed by atoms with van der Waals surface area (Å²) in [6.07, 6.45) is -1.05. The Bertz CT molecular complexity index is 465. The van der Waals surface area contributed by atoms with Gasteiger partial charge in [-0.05, 0) is 12.5 Å². The van der Waals surface area contributed by atoms with Crippen LogP contribution in [0.1, 0.15) is 18.7 Å². The maximum Gasteiger partial charge on any atom is 0.169 e. The van der Waals surface area contributed by atoms with Gasteiger partial charge in [0, 0.05) is 11.6 Å². The number of halogens is 1. The minimum Gasteiger partial charge on any atom is -0.381 e. The monoisotopic (exact) mass is 206 g/mol. The van der Waals surface area contributed by atoms with Crippen molar-refractivity contribution in [2.45, 2.75) is 13.1 Å². The highest BCUT2D eigenvalue weighted by molar-refractivity contribution is 5.64. The Morgan fingerprint density at radius 1 is 1.40 bits per heavy atom. The van der Waals surface area contributed by atoms with Crippen molar-refractivity contribution in [1.82, 2.24) is 5.16 Å². The van der Waals surface area contributed by atoms with Crippen LogP contribution in [0.4, 0.5) is 10.2 Å². The number of nitrogen functional groups attached to an aromatic ring is 1. The van der Waals surface area contributed by atoms with E-state index in [1.807, 2.05) is 6.07 Å². The molecule has 1 aromatic carbocycles. The number of anilines is 1. The van der Waals surface area contributed by atoms with Crippen LogP contribution in [0, 0.1) is 0 Å². The van der Waals surface area contributed by atoms with E-state index in [-0.39, 0.29) is 0 Å². The maximum atomic E-state index is 13.3. The van der Waals surface area contributed by atoms with E-state index in [0.29, 0.717) is 22.7 Å². The van der Waals surface area contributed by atoms with Crippen molar-refractivity contribution >= 4 is 5.82 Å². The summed E-state index contributed by atoms with van der Waals surface area (Å²) in [5.41, 5.74) is 6.71. The first-order chi connectivity index (χ1) is 7.18. The summed E-state index contributed by atoms with van der Waals surface area (Å²) in [6.45, 7) is 1.48. The first-order valence-corrected chi connectivity index (χ1v) is 4.64. The van der Waals surface area contributed by atoms with Crippen molar-refractivity contribution < 1.29 is 8.91 Å². The predicted molar refractivity (Wildman–Crippen MR) is 55.9 cm³/mol. The fourth-order valence-corrected chi connectivity index (χ4v) is 1.48. The molecule has 0 fully saturated rings. The molecule has 2 aromatic rings. The molecule has 1 heterocycles. The van der Waals surface area contributed by atoms with Crippen LogP contribution in [-0.2, 0) is 0 Å². The van der Waals surface area contributed by atoms with Crippen molar-refractivity contribution in [1.29, 1.82) is 0 Å². The second kappa shape index (κ2) is 3.73. The van der Waals surface area contributed by atoms with E-state index in [1.165, 1.54) is 6.92 Å². The molecular formula is C11H11FN2O. The van der Waals surface area contributed by atoms with Gasteiger partial charge in [0.15, 0.2) is 11.6 Å². The van der Waals surface area contributed by atoms with Crippen molar-refractivity contribution in [2.75, 3.05) is 5.73 Å². The standard InChI is InChI=1S/C11H11FN2O/c1-7(12)8-4-2-3-5-9(8)10-6-11(13)14-15-10/h2-7H,1H3,(H2,13,14). The molecule has 2 N–H and O–H groups in total. The number of hydrogen-bond donors (Lipinski definition) is 1. The third kappa shape index (κ3) is 1.83. The van der Waals surface area contributed by atoms with E-state index in [2.05, 4.69) is 5.16 Å². The molecule has 0 bridgehead atoms. The van der Waals surface area contributed by atoms with E-state index in [1.54, 1.807) is 24.3 Å². The van der Waals surface area contributed by atoms with Gasteiger partial charge in [0.2, 0.25) is 0 Å². The quantitative estimate of drug-likeness (QED) is 0.821. The molecule has 0 aliphatic rings. The zero-order chi connectivity index (χ0) is 10.8. The van der Waals surface area contributed by atoms with E-state index >= 15 is 0 Å². The van der Waals surface area contributed by atoms with Crippen LogP contribution in [0.2, 0.25) is 0 Å². The van der Waals surface area contributed by atoms with Gasteiger partial charge in [0.1, 0.15) is 6.17 Å². The Balaban J connectivity index is 2.52. The molecular weight excluding hydrogens is 195 g/mol. The van der Waals surface area contributed by atoms with Crippen LogP contribution < -0.4 is 5.73 Å². The van der Waals surface area contributed by atoms with Crippen LogP contribution in [-0.4, -0.2) is 5.16 Å². The smallest absolute Gasteiger partial charge is 0.169 e. The highest BCUT2D eigenvalue weighted by Crippen LogP contribution is 2.30. The summed E-state index contributed by atoms with van der Waals surface area (Å²) < 4.78 is 18.3. The Morgan fingerprint density at radius 2 is 2.13 bits per heavy atom. The number of nitrogens with two attached hydrogens (primary N) is 1. The highest BCUT2D eigenvalue weighted by Gasteiger charge is 2.13. The number of hydrogen-bond acceptors (Lipinski definition) is 3. The minimum absolute atomic E-state index is 0.298. The Hall–Kier alpha value is -1.84. The maximum absolute atomic E-state index is 13.3. The number of aromatic nitrogens is 1. The minimum atomic E-state index is -1.05. The largest absolute Gasteiger partial charge is 0.381 e. The van der Waals surface area contributed by atoms with Gasteiger partial charge >= 0.3 is 0 Å². The fraction of sp³-hybridized carbons (Fsp3) is 0.182. The molecule has 78 valence electrons. The van der Waals surface area contributed by atoms with Crippen LogP contribution in [0.3, 0.4) is 0 Å². The van der Waals surface area contributed by atoms with E-state index in [4.69, 9.17) is 10.3 Å². The van der Waals surface area contributed by atoms with Crippen LogP contribution >= 0.6 is 0 Å². The molecule has 0 saturated heterocycles. The van der Waals surface area contributed by atoms with Crippen LogP contribution in [0.25, 0.3) is 11.3 Å². The normalized spacial score (nSPS) is 12.7. The van der Waals surface area contributed by atoms with Crippen molar-refractivity contribution in [3.05, 3.63) is 35.9 Å². The second-order valence-corrected chi connectivity index (χ2v) is 3.32. The first-order valence-electron chi connectivity index (χ1n) is 4.64. The van der Waals surface area contributed by atoms with Crippen molar-refractivity contribution in [3.63, 3.8) is 0 Å². The molecule has 0 spiro atoms. The predicted octanol–water partition coefficient (Wildman–Crippen LogP) is 2.95. The molecule has 0 amide bonds. The third-order valence-electron chi connectivity index (χ3n) is 2.18. The number of rotatable bonds is 2. The Kier molecular flexibility index (Phi) is 2.41. The lowest BCUT2D eigenvalue weighted by Crippen LogP contribution is -1.89. The summed E-state index contributed by atoms with van der Waals surface area (Å²) in [6, 6.07) is 8.69. The Labute approximate surface area is 86.7 Å². The molecule has 4 heteroatoms. The van der Waals surface area contributed by atoms with Crippen molar-refractivity contribution in [2.24, 2.45) is 0 Å². The molecule has 0 aliphatic carbocycles. The van der Waals surface area contributed by atoms with Gasteiger partial charge in [-0.2, -0.15) is 0 Å². The molecule has 0 aliphatic heterocycles. The molecule has 15 heavy (non-hydrogen) atoms. The summed E-state index contributed by atoms with van der Waals surface area (Å²) in [4.78, 5) is 0. The van der Waals surface area contributed by atoms with E-state index in [0.717, 1.165) is 0 Å². The molecule has 3 nitrogen and oxygen atoms in total. The molecule has 1 aromatic heterocycles. The molecule has 1 unspecified atom stereocenters. The average molecular weight is 206 g/mol. The number of benzene rings is 1. The summed E-state index contributed by atoms with van der Waals surface area (Å²) >= 11 is 0. The van der Waals surface area contributed by atoms with E-state index in [9.17, 15) is 4.39 Å². The van der Waals surface area contributed by atoms with Crippen molar-refractivity contribution in [3.8, 4) is 11.3 Å².